The molecular weight excluding hydrogens is 432 g/mol. The van der Waals surface area contributed by atoms with E-state index in [4.69, 9.17) is 5.21 Å². The number of amides is 2. The van der Waals surface area contributed by atoms with E-state index in [0.717, 1.165) is 12.1 Å². The van der Waals surface area contributed by atoms with E-state index in [9.17, 15) is 27.2 Å². The Kier molecular flexibility index (Phi) is 6.74. The van der Waals surface area contributed by atoms with Gasteiger partial charge in [-0.1, -0.05) is 42.5 Å². The van der Waals surface area contributed by atoms with Gasteiger partial charge in [0.15, 0.2) is 0 Å². The molecule has 0 spiro atoms. The minimum absolute atomic E-state index is 0.255. The summed E-state index contributed by atoms with van der Waals surface area (Å²) in [7, 11) is 0. The minimum atomic E-state index is -4.98. The number of hydroxylamine groups is 1. The van der Waals surface area contributed by atoms with E-state index in [1.807, 2.05) is 0 Å². The fraction of sp³-hybridized carbons (Fsp3) is 0.0909. The average Bonchev–Trinajstić information content (AvgIpc) is 2.74. The molecule has 1 atom stereocenters. The fourth-order valence-electron chi connectivity index (χ4n) is 3.04. The number of hydrogen-bond acceptors (Lipinski definition) is 4. The van der Waals surface area contributed by atoms with Crippen LogP contribution in [0.25, 0.3) is 0 Å². The third-order valence-corrected chi connectivity index (χ3v) is 4.43. The second kappa shape index (κ2) is 9.48. The molecule has 1 unspecified atom stereocenters. The third kappa shape index (κ3) is 5.61. The molecule has 0 aliphatic rings. The highest BCUT2D eigenvalue weighted by Crippen LogP contribution is 2.27. The Morgan fingerprint density at radius 3 is 2.09 bits per heavy atom. The summed E-state index contributed by atoms with van der Waals surface area (Å²) in [6.45, 7) is 0. The quantitative estimate of drug-likeness (QED) is 0.292. The molecule has 0 saturated heterocycles. The van der Waals surface area contributed by atoms with Crippen molar-refractivity contribution in [3.05, 3.63) is 95.3 Å². The van der Waals surface area contributed by atoms with Gasteiger partial charge in [-0.15, -0.1) is 13.2 Å². The molecule has 6 nitrogen and oxygen atoms in total. The summed E-state index contributed by atoms with van der Waals surface area (Å²) in [5.41, 5.74) is 2.54. The Bertz CT molecular complexity index is 1100. The predicted molar refractivity (Wildman–Crippen MR) is 106 cm³/mol. The van der Waals surface area contributed by atoms with Crippen LogP contribution in [0.4, 0.5) is 23.2 Å². The molecule has 3 aromatic rings. The topological polar surface area (TPSA) is 87.7 Å². The van der Waals surface area contributed by atoms with Crippen LogP contribution >= 0.6 is 0 Å². The Hall–Kier alpha value is -3.92. The molecule has 0 aliphatic carbocycles. The Labute approximate surface area is 179 Å². The van der Waals surface area contributed by atoms with Crippen LogP contribution in [-0.4, -0.2) is 23.4 Å². The van der Waals surface area contributed by atoms with E-state index in [-0.39, 0.29) is 5.69 Å². The first kappa shape index (κ1) is 22.8. The molecule has 0 aliphatic heterocycles. The highest BCUT2D eigenvalue weighted by Gasteiger charge is 2.31. The number of hydrogen-bond donors (Lipinski definition) is 3. The smallest absolute Gasteiger partial charge is 0.406 e. The number of halogens is 4. The molecular formula is C22H16F4N2O4. The van der Waals surface area contributed by atoms with Crippen molar-refractivity contribution in [1.82, 2.24) is 5.48 Å². The van der Waals surface area contributed by atoms with Crippen molar-refractivity contribution < 1.29 is 37.1 Å². The van der Waals surface area contributed by atoms with Gasteiger partial charge in [0.05, 0.1) is 11.5 Å². The summed E-state index contributed by atoms with van der Waals surface area (Å²) >= 11 is 0. The summed E-state index contributed by atoms with van der Waals surface area (Å²) in [5, 5.41) is 11.5. The number of ether oxygens (including phenoxy) is 1. The molecule has 3 rings (SSSR count). The van der Waals surface area contributed by atoms with Crippen LogP contribution < -0.4 is 15.5 Å². The second-order valence-electron chi connectivity index (χ2n) is 6.59. The lowest BCUT2D eigenvalue weighted by Crippen LogP contribution is -2.27. The first-order valence-corrected chi connectivity index (χ1v) is 9.13. The zero-order valence-electron chi connectivity index (χ0n) is 16.2. The number of carbonyl (C=O) groups is 2. The normalized spacial score (nSPS) is 12.0. The largest absolute Gasteiger partial charge is 0.573 e. The zero-order chi connectivity index (χ0) is 23.3. The SMILES string of the molecule is O=C(Nc1ccc(C(C(=O)NO)c2ccccc2)cc1)c1ccc(OC(F)(F)F)cc1F. The molecule has 32 heavy (non-hydrogen) atoms. The van der Waals surface area contributed by atoms with Crippen LogP contribution in [0.5, 0.6) is 5.75 Å². The number of alkyl halides is 3. The van der Waals surface area contributed by atoms with Crippen LogP contribution in [0.2, 0.25) is 0 Å². The first-order valence-electron chi connectivity index (χ1n) is 9.13. The lowest BCUT2D eigenvalue weighted by Gasteiger charge is -2.16. The second-order valence-corrected chi connectivity index (χ2v) is 6.59. The maximum absolute atomic E-state index is 14.1. The van der Waals surface area contributed by atoms with Gasteiger partial charge in [0.25, 0.3) is 11.8 Å². The number of benzene rings is 3. The van der Waals surface area contributed by atoms with Gasteiger partial charge < -0.3 is 10.1 Å². The van der Waals surface area contributed by atoms with Gasteiger partial charge in [-0.3, -0.25) is 14.8 Å². The van der Waals surface area contributed by atoms with Crippen molar-refractivity contribution in [3.63, 3.8) is 0 Å². The van der Waals surface area contributed by atoms with Gasteiger partial charge >= 0.3 is 6.36 Å². The molecule has 2 amide bonds. The van der Waals surface area contributed by atoms with Crippen LogP contribution in [0.3, 0.4) is 0 Å². The Morgan fingerprint density at radius 2 is 1.53 bits per heavy atom. The molecule has 3 N–H and O–H groups in total. The van der Waals surface area contributed by atoms with Gasteiger partial charge in [0.2, 0.25) is 0 Å². The monoisotopic (exact) mass is 448 g/mol. The highest BCUT2D eigenvalue weighted by molar-refractivity contribution is 6.04. The van der Waals surface area contributed by atoms with Gasteiger partial charge in [-0.25, -0.2) is 9.87 Å². The van der Waals surface area contributed by atoms with E-state index in [0.29, 0.717) is 17.2 Å². The summed E-state index contributed by atoms with van der Waals surface area (Å²) in [5.74, 6) is -4.34. The van der Waals surface area contributed by atoms with Gasteiger partial charge in [-0.05, 0) is 35.4 Å². The molecule has 3 aromatic carbocycles. The number of carbonyl (C=O) groups excluding carboxylic acids is 2. The third-order valence-electron chi connectivity index (χ3n) is 4.43. The van der Waals surface area contributed by atoms with Crippen LogP contribution in [0, 0.1) is 5.82 Å². The Morgan fingerprint density at radius 1 is 0.906 bits per heavy atom. The predicted octanol–water partition coefficient (Wildman–Crippen LogP) is 4.61. The van der Waals surface area contributed by atoms with E-state index in [1.54, 1.807) is 47.9 Å². The van der Waals surface area contributed by atoms with E-state index in [2.05, 4.69) is 10.1 Å². The summed E-state index contributed by atoms with van der Waals surface area (Å²) in [6.07, 6.45) is -4.98. The maximum Gasteiger partial charge on any atom is 0.573 e. The number of rotatable bonds is 6. The average molecular weight is 448 g/mol. The van der Waals surface area contributed by atoms with Crippen molar-refractivity contribution in [2.24, 2.45) is 0 Å². The van der Waals surface area contributed by atoms with E-state index in [1.165, 1.54) is 12.1 Å². The maximum atomic E-state index is 14.1. The van der Waals surface area contributed by atoms with Gasteiger partial charge in [-0.2, -0.15) is 0 Å². The molecule has 0 radical (unpaired) electrons. The van der Waals surface area contributed by atoms with Crippen LogP contribution in [0.15, 0.2) is 72.8 Å². The zero-order valence-corrected chi connectivity index (χ0v) is 16.2. The van der Waals surface area contributed by atoms with Crippen LogP contribution in [-0.2, 0) is 4.79 Å². The summed E-state index contributed by atoms with van der Waals surface area (Å²) in [6, 6.07) is 16.8. The van der Waals surface area contributed by atoms with Crippen LogP contribution in [0.1, 0.15) is 27.4 Å². The molecule has 0 aromatic heterocycles. The van der Waals surface area contributed by atoms with Gasteiger partial charge in [0.1, 0.15) is 11.6 Å². The number of nitrogens with one attached hydrogen (secondary N) is 2. The standard InChI is InChI=1S/C22H16F4N2O4/c23-18-12-16(32-22(24,25)26)10-11-17(18)20(29)27-15-8-6-14(7-9-15)19(21(30)28-31)13-4-2-1-3-5-13/h1-12,19,31H,(H,27,29)(H,28,30). The molecule has 0 bridgehead atoms. The van der Waals surface area contributed by atoms with Crippen molar-refractivity contribution in [2.45, 2.75) is 12.3 Å². The molecule has 0 saturated carbocycles. The van der Waals surface area contributed by atoms with Crippen molar-refractivity contribution in [3.8, 4) is 5.75 Å². The van der Waals surface area contributed by atoms with E-state index < -0.39 is 41.2 Å². The lowest BCUT2D eigenvalue weighted by atomic mass is 9.90. The minimum Gasteiger partial charge on any atom is -0.406 e. The number of anilines is 1. The molecule has 0 fully saturated rings. The fourth-order valence-corrected chi connectivity index (χ4v) is 3.04. The molecule has 10 heteroatoms. The van der Waals surface area contributed by atoms with Crippen molar-refractivity contribution in [2.75, 3.05) is 5.32 Å². The summed E-state index contributed by atoms with van der Waals surface area (Å²) < 4.78 is 54.4. The molecule has 0 heterocycles. The summed E-state index contributed by atoms with van der Waals surface area (Å²) in [4.78, 5) is 24.5. The molecule has 166 valence electrons. The van der Waals surface area contributed by atoms with E-state index >= 15 is 0 Å². The lowest BCUT2D eigenvalue weighted by molar-refractivity contribution is -0.274. The highest BCUT2D eigenvalue weighted by atomic mass is 19.4. The van der Waals surface area contributed by atoms with Crippen molar-refractivity contribution in [1.29, 1.82) is 0 Å². The Balaban J connectivity index is 1.76. The van der Waals surface area contributed by atoms with Crippen molar-refractivity contribution >= 4 is 17.5 Å². The van der Waals surface area contributed by atoms with Gasteiger partial charge in [0, 0.05) is 11.8 Å². The first-order chi connectivity index (χ1) is 15.2.